The molecule has 2 aromatic rings. The topological polar surface area (TPSA) is 39.2 Å². The maximum atomic E-state index is 11.8. The number of carbonyl (C=O) groups is 1. The molecule has 0 aliphatic heterocycles. The van der Waals surface area contributed by atoms with E-state index in [2.05, 4.69) is 4.98 Å². The van der Waals surface area contributed by atoms with E-state index in [1.807, 2.05) is 30.3 Å². The van der Waals surface area contributed by atoms with E-state index in [1.54, 1.807) is 0 Å². The fourth-order valence-electron chi connectivity index (χ4n) is 2.80. The Hall–Kier alpha value is -1.87. The van der Waals surface area contributed by atoms with Crippen LogP contribution in [-0.4, -0.2) is 18.1 Å². The second-order valence-electron chi connectivity index (χ2n) is 5.19. The molecule has 0 N–H and O–H groups in total. The molecule has 0 unspecified atom stereocenters. The second kappa shape index (κ2) is 5.86. The summed E-state index contributed by atoms with van der Waals surface area (Å²) in [6, 6.07) is 9.52. The van der Waals surface area contributed by atoms with Gasteiger partial charge in [0.05, 0.1) is 7.11 Å². The Morgan fingerprint density at radius 3 is 2.62 bits per heavy atom. The van der Waals surface area contributed by atoms with Gasteiger partial charge < -0.3 is 4.74 Å². The number of rotatable bonds is 2. The molecule has 0 radical (unpaired) electrons. The number of aryl methyl sites for hydroxylation is 1. The van der Waals surface area contributed by atoms with Crippen LogP contribution in [0.25, 0.3) is 11.1 Å². The molecule has 1 aliphatic rings. The van der Waals surface area contributed by atoms with Crippen molar-refractivity contribution in [3.8, 4) is 11.1 Å². The van der Waals surface area contributed by atoms with Gasteiger partial charge >= 0.3 is 5.97 Å². The third kappa shape index (κ3) is 2.79. The lowest BCUT2D eigenvalue weighted by Crippen LogP contribution is -2.13. The summed E-state index contributed by atoms with van der Waals surface area (Å²) in [7, 11) is 1.38. The number of aromatic nitrogens is 1. The van der Waals surface area contributed by atoms with Gasteiger partial charge in [-0.15, -0.1) is 0 Å². The van der Waals surface area contributed by atoms with E-state index in [0.717, 1.165) is 42.5 Å². The maximum Gasteiger partial charge on any atom is 0.356 e. The van der Waals surface area contributed by atoms with Crippen molar-refractivity contribution in [1.82, 2.24) is 4.98 Å². The maximum absolute atomic E-state index is 11.8. The summed E-state index contributed by atoms with van der Waals surface area (Å²) < 4.78 is 4.81. The highest BCUT2D eigenvalue weighted by Crippen LogP contribution is 2.32. The number of halogens is 1. The van der Waals surface area contributed by atoms with Crippen molar-refractivity contribution in [2.75, 3.05) is 7.11 Å². The Morgan fingerprint density at radius 2 is 1.90 bits per heavy atom. The van der Waals surface area contributed by atoms with Gasteiger partial charge in [0.1, 0.15) is 5.69 Å². The van der Waals surface area contributed by atoms with E-state index in [4.69, 9.17) is 16.3 Å². The van der Waals surface area contributed by atoms with Crippen molar-refractivity contribution in [2.45, 2.75) is 25.7 Å². The third-order valence-corrected chi connectivity index (χ3v) is 4.10. The predicted molar refractivity (Wildman–Crippen MR) is 82.7 cm³/mol. The van der Waals surface area contributed by atoms with Crippen molar-refractivity contribution in [1.29, 1.82) is 0 Å². The molecule has 0 bridgehead atoms. The van der Waals surface area contributed by atoms with Crippen molar-refractivity contribution < 1.29 is 9.53 Å². The lowest BCUT2D eigenvalue weighted by Gasteiger charge is -2.20. The van der Waals surface area contributed by atoms with Gasteiger partial charge in [-0.1, -0.05) is 23.7 Å². The minimum Gasteiger partial charge on any atom is -0.464 e. The molecule has 4 heteroatoms. The van der Waals surface area contributed by atoms with E-state index in [-0.39, 0.29) is 0 Å². The lowest BCUT2D eigenvalue weighted by molar-refractivity contribution is 0.0593. The molecule has 1 aliphatic carbocycles. The highest BCUT2D eigenvalue weighted by Gasteiger charge is 2.20. The summed E-state index contributed by atoms with van der Waals surface area (Å²) in [5.41, 5.74) is 4.77. The van der Waals surface area contributed by atoms with Crippen molar-refractivity contribution in [3.63, 3.8) is 0 Å². The molecule has 0 amide bonds. The Bertz CT molecular complexity index is 680. The third-order valence-electron chi connectivity index (χ3n) is 3.85. The molecule has 108 valence electrons. The summed E-state index contributed by atoms with van der Waals surface area (Å²) in [5.74, 6) is -0.390. The Kier molecular flexibility index (Phi) is 3.93. The summed E-state index contributed by atoms with van der Waals surface area (Å²) >= 11 is 5.96. The van der Waals surface area contributed by atoms with Crippen molar-refractivity contribution in [2.24, 2.45) is 0 Å². The minimum atomic E-state index is -0.390. The van der Waals surface area contributed by atoms with Crippen molar-refractivity contribution in [3.05, 3.63) is 52.3 Å². The highest BCUT2D eigenvalue weighted by molar-refractivity contribution is 6.30. The number of benzene rings is 1. The van der Waals surface area contributed by atoms with Crippen LogP contribution in [0.1, 0.15) is 34.6 Å². The molecule has 0 fully saturated rings. The molecule has 21 heavy (non-hydrogen) atoms. The molecule has 0 spiro atoms. The highest BCUT2D eigenvalue weighted by atomic mass is 35.5. The molecular formula is C17H16ClNO2. The number of carbonyl (C=O) groups excluding carboxylic acids is 1. The molecule has 1 aromatic heterocycles. The first-order valence-corrected chi connectivity index (χ1v) is 7.44. The first kappa shape index (κ1) is 14.1. The Balaban J connectivity index is 2.16. The summed E-state index contributed by atoms with van der Waals surface area (Å²) in [4.78, 5) is 16.3. The molecule has 3 nitrogen and oxygen atoms in total. The quantitative estimate of drug-likeness (QED) is 0.785. The Morgan fingerprint density at radius 1 is 1.19 bits per heavy atom. The van der Waals surface area contributed by atoms with Crippen molar-refractivity contribution >= 4 is 17.6 Å². The van der Waals surface area contributed by atoms with Crippen LogP contribution in [0.5, 0.6) is 0 Å². The molecule has 1 aromatic carbocycles. The van der Waals surface area contributed by atoms with E-state index in [1.165, 1.54) is 12.7 Å². The van der Waals surface area contributed by atoms with E-state index >= 15 is 0 Å². The van der Waals surface area contributed by atoms with Crippen LogP contribution in [0.2, 0.25) is 5.02 Å². The molecule has 1 heterocycles. The van der Waals surface area contributed by atoms with Gasteiger partial charge in [0.15, 0.2) is 0 Å². The minimum absolute atomic E-state index is 0.378. The van der Waals surface area contributed by atoms with Crippen LogP contribution < -0.4 is 0 Å². The second-order valence-corrected chi connectivity index (χ2v) is 5.62. The van der Waals surface area contributed by atoms with E-state index < -0.39 is 5.97 Å². The van der Waals surface area contributed by atoms with Gasteiger partial charge in [-0.05, 0) is 60.6 Å². The number of hydrogen-bond donors (Lipinski definition) is 0. The largest absolute Gasteiger partial charge is 0.464 e. The zero-order valence-electron chi connectivity index (χ0n) is 11.9. The average Bonchev–Trinajstić information content (AvgIpc) is 2.54. The number of fused-ring (bicyclic) bond motifs is 1. The van der Waals surface area contributed by atoms with Crippen LogP contribution in [0.4, 0.5) is 0 Å². The summed E-state index contributed by atoms with van der Waals surface area (Å²) in [6.07, 6.45) is 4.19. The number of pyridine rings is 1. The summed E-state index contributed by atoms with van der Waals surface area (Å²) in [6.45, 7) is 0. The molecular weight excluding hydrogens is 286 g/mol. The molecule has 3 rings (SSSR count). The molecule has 0 saturated heterocycles. The van der Waals surface area contributed by atoms with Crippen LogP contribution in [-0.2, 0) is 17.6 Å². The van der Waals surface area contributed by atoms with Crippen LogP contribution in [0.15, 0.2) is 30.3 Å². The zero-order valence-corrected chi connectivity index (χ0v) is 12.6. The number of ether oxygens (including phenoxy) is 1. The van der Waals surface area contributed by atoms with Gasteiger partial charge in [-0.25, -0.2) is 9.78 Å². The number of hydrogen-bond acceptors (Lipinski definition) is 3. The predicted octanol–water partition coefficient (Wildman–Crippen LogP) is 4.07. The molecule has 0 atom stereocenters. The van der Waals surface area contributed by atoms with Gasteiger partial charge in [0.2, 0.25) is 0 Å². The lowest BCUT2D eigenvalue weighted by atomic mass is 9.89. The molecule has 0 saturated carbocycles. The monoisotopic (exact) mass is 301 g/mol. The fourth-order valence-corrected chi connectivity index (χ4v) is 2.93. The van der Waals surface area contributed by atoms with Crippen LogP contribution >= 0.6 is 11.6 Å². The fraction of sp³-hybridized carbons (Fsp3) is 0.294. The Labute approximate surface area is 128 Å². The van der Waals surface area contributed by atoms with Gasteiger partial charge in [-0.2, -0.15) is 0 Å². The number of esters is 1. The SMILES string of the molecule is COC(=O)c1cc(-c2ccc(Cl)cc2)c2c(n1)CCCC2. The van der Waals surface area contributed by atoms with Gasteiger partial charge in [0.25, 0.3) is 0 Å². The van der Waals surface area contributed by atoms with Crippen LogP contribution in [0, 0.1) is 0 Å². The van der Waals surface area contributed by atoms with E-state index in [9.17, 15) is 4.79 Å². The van der Waals surface area contributed by atoms with Crippen LogP contribution in [0.3, 0.4) is 0 Å². The van der Waals surface area contributed by atoms with Gasteiger partial charge in [-0.3, -0.25) is 0 Å². The number of methoxy groups -OCH3 is 1. The van der Waals surface area contributed by atoms with E-state index in [0.29, 0.717) is 10.7 Å². The smallest absolute Gasteiger partial charge is 0.356 e. The van der Waals surface area contributed by atoms with Gasteiger partial charge in [0, 0.05) is 10.7 Å². The standard InChI is InChI=1S/C17H16ClNO2/c1-21-17(20)16-10-14(11-6-8-12(18)9-7-11)13-4-2-3-5-15(13)19-16/h6-10H,2-5H2,1H3. The number of nitrogens with zero attached hydrogens (tertiary/aromatic N) is 1. The zero-order chi connectivity index (χ0) is 14.8. The normalized spacial score (nSPS) is 13.6. The first-order valence-electron chi connectivity index (χ1n) is 7.06. The first-order chi connectivity index (χ1) is 10.2. The summed E-state index contributed by atoms with van der Waals surface area (Å²) in [5, 5.41) is 0.704. The average molecular weight is 302 g/mol.